The molecule has 0 amide bonds. The van der Waals surface area contributed by atoms with Gasteiger partial charge in [-0.3, -0.25) is 0 Å². The third-order valence-electron chi connectivity index (χ3n) is 5.48. The molecule has 2 rings (SSSR count). The number of benzene rings is 1. The zero-order valence-electron chi connectivity index (χ0n) is 15.7. The van der Waals surface area contributed by atoms with Crippen LogP contribution in [-0.2, 0) is 0 Å². The zero-order chi connectivity index (χ0) is 17.2. The van der Waals surface area contributed by atoms with E-state index in [0.717, 1.165) is 17.9 Å². The van der Waals surface area contributed by atoms with E-state index in [-0.39, 0.29) is 5.82 Å². The second-order valence-electron chi connectivity index (χ2n) is 7.46. The first-order valence-corrected chi connectivity index (χ1v) is 10.2. The predicted octanol–water partition coefficient (Wildman–Crippen LogP) is 7.25. The summed E-state index contributed by atoms with van der Waals surface area (Å²) in [5, 5.41) is 0. The molecule has 1 aromatic rings. The fraction of sp³-hybridized carbons (Fsp3) is 0.727. The number of hydrogen-bond donors (Lipinski definition) is 0. The van der Waals surface area contributed by atoms with Gasteiger partial charge in [-0.05, 0) is 61.6 Å². The lowest BCUT2D eigenvalue weighted by molar-refractivity contribution is 0.288. The summed E-state index contributed by atoms with van der Waals surface area (Å²) in [6.07, 6.45) is 13.6. The van der Waals surface area contributed by atoms with E-state index in [1.165, 1.54) is 64.2 Å². The lowest BCUT2D eigenvalue weighted by Crippen LogP contribution is -2.13. The van der Waals surface area contributed by atoms with Gasteiger partial charge in [0.05, 0.1) is 6.61 Å². The van der Waals surface area contributed by atoms with Gasteiger partial charge < -0.3 is 4.74 Å². The van der Waals surface area contributed by atoms with E-state index in [1.807, 2.05) is 6.07 Å². The maximum Gasteiger partial charge on any atom is 0.165 e. The third kappa shape index (κ3) is 6.11. The molecule has 0 aliphatic heterocycles. The van der Waals surface area contributed by atoms with E-state index in [2.05, 4.69) is 19.9 Å². The molecule has 0 N–H and O–H groups in total. The Morgan fingerprint density at radius 3 is 2.38 bits per heavy atom. The van der Waals surface area contributed by atoms with Crippen LogP contribution in [0, 0.1) is 11.7 Å². The zero-order valence-corrected chi connectivity index (χ0v) is 15.7. The molecule has 2 heteroatoms. The molecule has 136 valence electrons. The van der Waals surface area contributed by atoms with Gasteiger partial charge in [-0.15, -0.1) is 0 Å². The van der Waals surface area contributed by atoms with Gasteiger partial charge in [0.15, 0.2) is 11.6 Å². The number of hydrogen-bond acceptors (Lipinski definition) is 1. The molecule has 1 saturated carbocycles. The Hall–Kier alpha value is -1.05. The summed E-state index contributed by atoms with van der Waals surface area (Å²) in [6, 6.07) is 5.65. The van der Waals surface area contributed by atoms with Crippen molar-refractivity contribution < 1.29 is 9.13 Å². The average Bonchev–Trinajstić information content (AvgIpc) is 2.60. The van der Waals surface area contributed by atoms with Crippen LogP contribution in [0.15, 0.2) is 18.2 Å². The lowest BCUT2D eigenvalue weighted by Gasteiger charge is -2.28. The summed E-state index contributed by atoms with van der Waals surface area (Å²) < 4.78 is 19.9. The summed E-state index contributed by atoms with van der Waals surface area (Å²) >= 11 is 0. The number of ether oxygens (including phenoxy) is 1. The standard InChI is InChI=1S/C22H35FO/c1-3-5-6-7-8-16-24-22-15-14-20(17-21(22)23)19-12-10-18(9-4-2)11-13-19/h14-15,17-19H,3-13,16H2,1-2H3/t18-,19-. The highest BCUT2D eigenvalue weighted by atomic mass is 19.1. The van der Waals surface area contributed by atoms with Crippen molar-refractivity contribution in [1.82, 2.24) is 0 Å². The lowest BCUT2D eigenvalue weighted by atomic mass is 9.77. The molecule has 0 radical (unpaired) electrons. The minimum atomic E-state index is -0.184. The second kappa shape index (κ2) is 10.7. The third-order valence-corrected chi connectivity index (χ3v) is 5.48. The van der Waals surface area contributed by atoms with Crippen LogP contribution in [0.5, 0.6) is 5.75 Å². The minimum absolute atomic E-state index is 0.184. The fourth-order valence-corrected chi connectivity index (χ4v) is 3.97. The molecule has 1 nitrogen and oxygen atoms in total. The molecule has 24 heavy (non-hydrogen) atoms. The van der Waals surface area contributed by atoms with E-state index in [1.54, 1.807) is 6.07 Å². The molecule has 0 unspecified atom stereocenters. The Labute approximate surface area is 148 Å². The highest BCUT2D eigenvalue weighted by Crippen LogP contribution is 2.38. The summed E-state index contributed by atoms with van der Waals surface area (Å²) in [4.78, 5) is 0. The molecule has 0 bridgehead atoms. The number of rotatable bonds is 10. The van der Waals surface area contributed by atoms with E-state index in [0.29, 0.717) is 18.3 Å². The maximum absolute atomic E-state index is 14.3. The Morgan fingerprint density at radius 1 is 0.958 bits per heavy atom. The molecule has 1 aliphatic carbocycles. The first-order chi connectivity index (χ1) is 11.7. The van der Waals surface area contributed by atoms with Gasteiger partial charge in [0.2, 0.25) is 0 Å². The SMILES string of the molecule is CCCCCCCOc1ccc([C@H]2CC[C@H](CCC)CC2)cc1F. The molecule has 1 aliphatic rings. The van der Waals surface area contributed by atoms with Gasteiger partial charge in [-0.25, -0.2) is 4.39 Å². The highest BCUT2D eigenvalue weighted by molar-refractivity contribution is 5.31. The Bertz CT molecular complexity index is 463. The summed E-state index contributed by atoms with van der Waals surface area (Å²) in [5.41, 5.74) is 1.16. The van der Waals surface area contributed by atoms with Gasteiger partial charge in [-0.2, -0.15) is 0 Å². The average molecular weight is 335 g/mol. The van der Waals surface area contributed by atoms with Crippen LogP contribution in [-0.4, -0.2) is 6.61 Å². The van der Waals surface area contributed by atoms with Crippen molar-refractivity contribution in [2.45, 2.75) is 90.4 Å². The molecule has 0 spiro atoms. The van der Waals surface area contributed by atoms with Crippen LogP contribution in [0.3, 0.4) is 0 Å². The molecular weight excluding hydrogens is 299 g/mol. The maximum atomic E-state index is 14.3. The van der Waals surface area contributed by atoms with Crippen LogP contribution in [0.4, 0.5) is 4.39 Å². The normalized spacial score (nSPS) is 21.0. The highest BCUT2D eigenvalue weighted by Gasteiger charge is 2.22. The molecule has 0 saturated heterocycles. The molecule has 1 aromatic carbocycles. The van der Waals surface area contributed by atoms with Gasteiger partial charge in [0.25, 0.3) is 0 Å². The predicted molar refractivity (Wildman–Crippen MR) is 100 cm³/mol. The van der Waals surface area contributed by atoms with E-state index < -0.39 is 0 Å². The van der Waals surface area contributed by atoms with Gasteiger partial charge in [-0.1, -0.05) is 58.4 Å². The monoisotopic (exact) mass is 334 g/mol. The van der Waals surface area contributed by atoms with E-state index in [9.17, 15) is 4.39 Å². The molecule has 0 atom stereocenters. The van der Waals surface area contributed by atoms with E-state index in [4.69, 9.17) is 4.74 Å². The van der Waals surface area contributed by atoms with Crippen molar-refractivity contribution in [3.63, 3.8) is 0 Å². The fourth-order valence-electron chi connectivity index (χ4n) is 3.97. The van der Waals surface area contributed by atoms with Crippen molar-refractivity contribution in [2.24, 2.45) is 5.92 Å². The molecule has 1 fully saturated rings. The van der Waals surface area contributed by atoms with Crippen molar-refractivity contribution >= 4 is 0 Å². The van der Waals surface area contributed by atoms with Crippen molar-refractivity contribution in [3.05, 3.63) is 29.6 Å². The molecular formula is C22H35FO. The summed E-state index contributed by atoms with van der Waals surface area (Å²) in [5.74, 6) is 1.67. The minimum Gasteiger partial charge on any atom is -0.491 e. The molecule has 0 aromatic heterocycles. The number of halogens is 1. The van der Waals surface area contributed by atoms with Crippen molar-refractivity contribution in [2.75, 3.05) is 6.61 Å². The van der Waals surface area contributed by atoms with E-state index >= 15 is 0 Å². The van der Waals surface area contributed by atoms with Crippen LogP contribution >= 0.6 is 0 Å². The largest absolute Gasteiger partial charge is 0.491 e. The smallest absolute Gasteiger partial charge is 0.165 e. The van der Waals surface area contributed by atoms with Crippen LogP contribution in [0.2, 0.25) is 0 Å². The number of unbranched alkanes of at least 4 members (excludes halogenated alkanes) is 4. The van der Waals surface area contributed by atoms with Gasteiger partial charge in [0, 0.05) is 0 Å². The van der Waals surface area contributed by atoms with Crippen LogP contribution < -0.4 is 4.74 Å². The first-order valence-electron chi connectivity index (χ1n) is 10.2. The summed E-state index contributed by atoms with van der Waals surface area (Å²) in [6.45, 7) is 5.11. The van der Waals surface area contributed by atoms with Crippen LogP contribution in [0.1, 0.15) is 96.0 Å². The van der Waals surface area contributed by atoms with Gasteiger partial charge in [0.1, 0.15) is 0 Å². The Kier molecular flexibility index (Phi) is 8.63. The van der Waals surface area contributed by atoms with Crippen molar-refractivity contribution in [3.8, 4) is 5.75 Å². The Balaban J connectivity index is 1.77. The van der Waals surface area contributed by atoms with Crippen LogP contribution in [0.25, 0.3) is 0 Å². The topological polar surface area (TPSA) is 9.23 Å². The van der Waals surface area contributed by atoms with Crippen molar-refractivity contribution in [1.29, 1.82) is 0 Å². The Morgan fingerprint density at radius 2 is 1.71 bits per heavy atom. The quantitative estimate of drug-likeness (QED) is 0.409. The second-order valence-corrected chi connectivity index (χ2v) is 7.46. The van der Waals surface area contributed by atoms with Gasteiger partial charge >= 0.3 is 0 Å². The molecule has 0 heterocycles. The first kappa shape index (κ1) is 19.3. The summed E-state index contributed by atoms with van der Waals surface area (Å²) in [7, 11) is 0.